The van der Waals surface area contributed by atoms with Gasteiger partial charge in [-0.15, -0.1) is 0 Å². The van der Waals surface area contributed by atoms with Crippen molar-refractivity contribution in [2.24, 2.45) is 0 Å². The van der Waals surface area contributed by atoms with Gasteiger partial charge in [0.25, 0.3) is 11.8 Å². The second-order valence-corrected chi connectivity index (χ2v) is 3.01. The van der Waals surface area contributed by atoms with E-state index in [4.69, 9.17) is 4.84 Å². The molecule has 90 valence electrons. The number of hydrogen-bond acceptors (Lipinski definition) is 5. The SMILES string of the molecule is COCCONC(=O)CN1C(=O)CNC1=O. The molecule has 1 fully saturated rings. The molecule has 4 amide bonds. The van der Waals surface area contributed by atoms with E-state index in [0.717, 1.165) is 4.90 Å². The van der Waals surface area contributed by atoms with E-state index in [2.05, 4.69) is 15.5 Å². The van der Waals surface area contributed by atoms with Crippen LogP contribution in [0.2, 0.25) is 0 Å². The van der Waals surface area contributed by atoms with Crippen LogP contribution in [0.5, 0.6) is 0 Å². The Labute approximate surface area is 91.8 Å². The van der Waals surface area contributed by atoms with Gasteiger partial charge in [-0.1, -0.05) is 0 Å². The molecule has 0 aromatic carbocycles. The first-order chi connectivity index (χ1) is 7.65. The Hall–Kier alpha value is -1.67. The lowest BCUT2D eigenvalue weighted by molar-refractivity contribution is -0.138. The largest absolute Gasteiger partial charge is 0.382 e. The second-order valence-electron chi connectivity index (χ2n) is 3.01. The average Bonchev–Trinajstić information content (AvgIpc) is 2.56. The summed E-state index contributed by atoms with van der Waals surface area (Å²) in [6.07, 6.45) is 0. The Morgan fingerprint density at radius 3 is 2.81 bits per heavy atom. The Balaban J connectivity index is 2.23. The molecule has 0 atom stereocenters. The third-order valence-corrected chi connectivity index (χ3v) is 1.81. The van der Waals surface area contributed by atoms with Crippen LogP contribution < -0.4 is 10.8 Å². The Kier molecular flexibility index (Phi) is 4.67. The van der Waals surface area contributed by atoms with E-state index >= 15 is 0 Å². The summed E-state index contributed by atoms with van der Waals surface area (Å²) in [5, 5.41) is 2.30. The van der Waals surface area contributed by atoms with Crippen molar-refractivity contribution in [3.8, 4) is 0 Å². The van der Waals surface area contributed by atoms with Gasteiger partial charge in [-0.05, 0) is 0 Å². The lowest BCUT2D eigenvalue weighted by atomic mass is 10.5. The number of hydroxylamine groups is 1. The third-order valence-electron chi connectivity index (χ3n) is 1.81. The summed E-state index contributed by atoms with van der Waals surface area (Å²) in [5.41, 5.74) is 2.09. The lowest BCUT2D eigenvalue weighted by Gasteiger charge is -2.11. The van der Waals surface area contributed by atoms with E-state index in [1.54, 1.807) is 0 Å². The maximum Gasteiger partial charge on any atom is 0.325 e. The molecular weight excluding hydrogens is 218 g/mol. The monoisotopic (exact) mass is 231 g/mol. The quantitative estimate of drug-likeness (QED) is 0.320. The van der Waals surface area contributed by atoms with Crippen molar-refractivity contribution in [1.82, 2.24) is 15.7 Å². The zero-order valence-corrected chi connectivity index (χ0v) is 8.82. The average molecular weight is 231 g/mol. The fourth-order valence-electron chi connectivity index (χ4n) is 1.05. The van der Waals surface area contributed by atoms with Crippen molar-refractivity contribution in [1.29, 1.82) is 0 Å². The number of imide groups is 1. The number of carbonyl (C=O) groups is 3. The zero-order chi connectivity index (χ0) is 12.0. The topological polar surface area (TPSA) is 97.0 Å². The second kappa shape index (κ2) is 6.03. The highest BCUT2D eigenvalue weighted by molar-refractivity contribution is 6.04. The molecular formula is C8H13N3O5. The normalized spacial score (nSPS) is 15.2. The molecule has 0 radical (unpaired) electrons. The molecule has 1 aliphatic rings. The predicted molar refractivity (Wildman–Crippen MR) is 51.1 cm³/mol. The summed E-state index contributed by atoms with van der Waals surface area (Å²) in [5.74, 6) is -1.00. The van der Waals surface area contributed by atoms with Crippen molar-refractivity contribution < 1.29 is 24.0 Å². The molecule has 0 aromatic heterocycles. The van der Waals surface area contributed by atoms with E-state index in [1.165, 1.54) is 7.11 Å². The van der Waals surface area contributed by atoms with Crippen LogP contribution in [0.15, 0.2) is 0 Å². The molecule has 0 aliphatic carbocycles. The van der Waals surface area contributed by atoms with Crippen LogP contribution in [-0.2, 0) is 19.2 Å². The highest BCUT2D eigenvalue weighted by atomic mass is 16.7. The third kappa shape index (κ3) is 3.48. The predicted octanol–water partition coefficient (Wildman–Crippen LogP) is -1.77. The first-order valence-electron chi connectivity index (χ1n) is 4.63. The number of carbonyl (C=O) groups excluding carboxylic acids is 3. The Morgan fingerprint density at radius 2 is 2.25 bits per heavy atom. The number of nitrogens with zero attached hydrogens (tertiary/aromatic N) is 1. The van der Waals surface area contributed by atoms with Gasteiger partial charge in [0, 0.05) is 7.11 Å². The minimum atomic E-state index is -0.572. The van der Waals surface area contributed by atoms with Crippen LogP contribution in [0.4, 0.5) is 4.79 Å². The standard InChI is InChI=1S/C8H13N3O5/c1-15-2-3-16-10-6(12)5-11-7(13)4-9-8(11)14/h2-5H2,1H3,(H,9,14)(H,10,12). The first kappa shape index (κ1) is 12.4. The number of ether oxygens (including phenoxy) is 1. The molecule has 2 N–H and O–H groups in total. The van der Waals surface area contributed by atoms with Gasteiger partial charge in [0.1, 0.15) is 6.54 Å². The van der Waals surface area contributed by atoms with Crippen LogP contribution in [0, 0.1) is 0 Å². The maximum atomic E-state index is 11.2. The number of urea groups is 1. The first-order valence-corrected chi connectivity index (χ1v) is 4.63. The molecule has 1 saturated heterocycles. The van der Waals surface area contributed by atoms with E-state index in [9.17, 15) is 14.4 Å². The van der Waals surface area contributed by atoms with Gasteiger partial charge in [0.2, 0.25) is 0 Å². The summed E-state index contributed by atoms with van der Waals surface area (Å²) < 4.78 is 4.69. The summed E-state index contributed by atoms with van der Waals surface area (Å²) in [7, 11) is 1.50. The number of amides is 4. The van der Waals surface area contributed by atoms with Crippen molar-refractivity contribution in [2.45, 2.75) is 0 Å². The molecule has 16 heavy (non-hydrogen) atoms. The molecule has 0 spiro atoms. The maximum absolute atomic E-state index is 11.2. The highest BCUT2D eigenvalue weighted by Crippen LogP contribution is 1.97. The van der Waals surface area contributed by atoms with E-state index in [1.807, 2.05) is 0 Å². The fourth-order valence-corrected chi connectivity index (χ4v) is 1.05. The molecule has 1 heterocycles. The van der Waals surface area contributed by atoms with Gasteiger partial charge in [-0.25, -0.2) is 10.3 Å². The minimum absolute atomic E-state index is 0.0728. The van der Waals surface area contributed by atoms with Crippen molar-refractivity contribution in [3.05, 3.63) is 0 Å². The lowest BCUT2D eigenvalue weighted by Crippen LogP contribution is -2.41. The number of rotatable bonds is 6. The van der Waals surface area contributed by atoms with Crippen LogP contribution in [-0.4, -0.2) is 56.2 Å². The van der Waals surface area contributed by atoms with Crippen LogP contribution in [0.1, 0.15) is 0 Å². The van der Waals surface area contributed by atoms with Crippen LogP contribution >= 0.6 is 0 Å². The number of nitrogens with one attached hydrogen (secondary N) is 2. The molecule has 1 rings (SSSR count). The van der Waals surface area contributed by atoms with Gasteiger partial charge < -0.3 is 10.1 Å². The molecule has 8 nitrogen and oxygen atoms in total. The molecule has 0 bridgehead atoms. The Bertz CT molecular complexity index is 277. The molecule has 8 heteroatoms. The van der Waals surface area contributed by atoms with Gasteiger partial charge >= 0.3 is 6.03 Å². The van der Waals surface area contributed by atoms with E-state index in [-0.39, 0.29) is 19.7 Å². The minimum Gasteiger partial charge on any atom is -0.382 e. The van der Waals surface area contributed by atoms with Crippen LogP contribution in [0.25, 0.3) is 0 Å². The fraction of sp³-hybridized carbons (Fsp3) is 0.625. The van der Waals surface area contributed by atoms with Gasteiger partial charge in [0.05, 0.1) is 19.8 Å². The van der Waals surface area contributed by atoms with E-state index in [0.29, 0.717) is 6.61 Å². The van der Waals surface area contributed by atoms with Gasteiger partial charge in [-0.3, -0.25) is 19.3 Å². The molecule has 0 saturated carbocycles. The zero-order valence-electron chi connectivity index (χ0n) is 8.82. The Morgan fingerprint density at radius 1 is 1.50 bits per heavy atom. The van der Waals surface area contributed by atoms with Crippen molar-refractivity contribution in [2.75, 3.05) is 33.4 Å². The summed E-state index contributed by atoms with van der Waals surface area (Å²) in [6, 6.07) is -0.572. The van der Waals surface area contributed by atoms with E-state index < -0.39 is 17.8 Å². The van der Waals surface area contributed by atoms with Crippen molar-refractivity contribution >= 4 is 17.8 Å². The number of hydrogen-bond donors (Lipinski definition) is 2. The number of methoxy groups -OCH3 is 1. The van der Waals surface area contributed by atoms with Gasteiger partial charge in [-0.2, -0.15) is 0 Å². The smallest absolute Gasteiger partial charge is 0.325 e. The van der Waals surface area contributed by atoms with Gasteiger partial charge in [0.15, 0.2) is 0 Å². The molecule has 1 aliphatic heterocycles. The molecule has 0 unspecified atom stereocenters. The van der Waals surface area contributed by atoms with Crippen molar-refractivity contribution in [3.63, 3.8) is 0 Å². The summed E-state index contributed by atoms with van der Waals surface area (Å²) >= 11 is 0. The summed E-state index contributed by atoms with van der Waals surface area (Å²) in [6.45, 7) is 0.111. The molecule has 0 aromatic rings. The van der Waals surface area contributed by atoms with Crippen LogP contribution in [0.3, 0.4) is 0 Å². The highest BCUT2D eigenvalue weighted by Gasteiger charge is 2.30. The summed E-state index contributed by atoms with van der Waals surface area (Å²) in [4.78, 5) is 38.9.